The van der Waals surface area contributed by atoms with Crippen LogP contribution >= 0.6 is 11.8 Å². The van der Waals surface area contributed by atoms with Gasteiger partial charge in [-0.15, -0.1) is 0 Å². The molecule has 0 aliphatic carbocycles. The van der Waals surface area contributed by atoms with Gasteiger partial charge < -0.3 is 10.2 Å². The predicted molar refractivity (Wildman–Crippen MR) is 115 cm³/mol. The SMILES string of the molecule is CCCCCCCCN(CCCCCCC)CCCNC(=O)CSC. The van der Waals surface area contributed by atoms with Crippen LogP contribution in [0.25, 0.3) is 0 Å². The molecule has 0 unspecified atom stereocenters. The second kappa shape index (κ2) is 20.1. The first-order chi connectivity index (χ1) is 12.2. The summed E-state index contributed by atoms with van der Waals surface area (Å²) in [6.07, 6.45) is 18.0. The maximum Gasteiger partial charge on any atom is 0.229 e. The number of hydrogen-bond acceptors (Lipinski definition) is 3. The Kier molecular flexibility index (Phi) is 19.9. The summed E-state index contributed by atoms with van der Waals surface area (Å²) < 4.78 is 0. The van der Waals surface area contributed by atoms with E-state index in [4.69, 9.17) is 0 Å². The molecule has 0 heterocycles. The number of nitrogens with zero attached hydrogens (tertiary/aromatic N) is 1. The third-order valence-electron chi connectivity index (χ3n) is 4.65. The van der Waals surface area contributed by atoms with E-state index < -0.39 is 0 Å². The lowest BCUT2D eigenvalue weighted by Gasteiger charge is -2.22. The fraction of sp³-hybridized carbons (Fsp3) is 0.952. The molecule has 0 atom stereocenters. The molecule has 0 aromatic heterocycles. The van der Waals surface area contributed by atoms with Crippen LogP contribution in [0, 0.1) is 0 Å². The van der Waals surface area contributed by atoms with E-state index in [9.17, 15) is 4.79 Å². The van der Waals surface area contributed by atoms with Gasteiger partial charge in [0.1, 0.15) is 0 Å². The molecule has 0 radical (unpaired) electrons. The number of carbonyl (C=O) groups excluding carboxylic acids is 1. The largest absolute Gasteiger partial charge is 0.355 e. The van der Waals surface area contributed by atoms with Crippen molar-refractivity contribution in [1.82, 2.24) is 10.2 Å². The second-order valence-corrected chi connectivity index (χ2v) is 8.03. The summed E-state index contributed by atoms with van der Waals surface area (Å²) in [6.45, 7) is 8.97. The highest BCUT2D eigenvalue weighted by Gasteiger charge is 2.05. The first-order valence-electron chi connectivity index (χ1n) is 10.7. The van der Waals surface area contributed by atoms with Crippen LogP contribution < -0.4 is 5.32 Å². The van der Waals surface area contributed by atoms with Gasteiger partial charge in [-0.05, 0) is 45.2 Å². The van der Waals surface area contributed by atoms with E-state index >= 15 is 0 Å². The molecule has 150 valence electrons. The monoisotopic (exact) mass is 372 g/mol. The molecule has 1 N–H and O–H groups in total. The molecule has 0 rings (SSSR count). The van der Waals surface area contributed by atoms with Crippen molar-refractivity contribution in [2.45, 2.75) is 90.9 Å². The van der Waals surface area contributed by atoms with Gasteiger partial charge in [-0.25, -0.2) is 0 Å². The van der Waals surface area contributed by atoms with Gasteiger partial charge in [-0.2, -0.15) is 11.8 Å². The zero-order chi connectivity index (χ0) is 18.6. The number of amides is 1. The molecule has 0 aliphatic heterocycles. The van der Waals surface area contributed by atoms with Gasteiger partial charge in [0, 0.05) is 6.54 Å². The zero-order valence-electron chi connectivity index (χ0n) is 17.3. The molecule has 0 saturated heterocycles. The Hall–Kier alpha value is -0.220. The fourth-order valence-corrected chi connectivity index (χ4v) is 3.47. The number of hydrogen-bond donors (Lipinski definition) is 1. The molecule has 4 heteroatoms. The minimum absolute atomic E-state index is 0.175. The molecule has 0 fully saturated rings. The summed E-state index contributed by atoms with van der Waals surface area (Å²) in [4.78, 5) is 14.1. The average molecular weight is 373 g/mol. The maximum atomic E-state index is 11.5. The Labute approximate surface area is 162 Å². The van der Waals surface area contributed by atoms with Gasteiger partial charge >= 0.3 is 0 Å². The maximum absolute atomic E-state index is 11.5. The van der Waals surface area contributed by atoms with Crippen LogP contribution in [0.1, 0.15) is 90.9 Å². The molecular formula is C21H44N2OS. The van der Waals surface area contributed by atoms with Crippen LogP contribution in [0.5, 0.6) is 0 Å². The zero-order valence-corrected chi connectivity index (χ0v) is 18.1. The summed E-state index contributed by atoms with van der Waals surface area (Å²) in [5.74, 6) is 0.758. The van der Waals surface area contributed by atoms with Crippen LogP contribution in [-0.2, 0) is 4.79 Å². The van der Waals surface area contributed by atoms with Crippen molar-refractivity contribution < 1.29 is 4.79 Å². The molecule has 0 aromatic rings. The van der Waals surface area contributed by atoms with Crippen LogP contribution in [0.15, 0.2) is 0 Å². The van der Waals surface area contributed by atoms with Gasteiger partial charge in [-0.1, -0.05) is 71.6 Å². The van der Waals surface area contributed by atoms with Gasteiger partial charge in [0.15, 0.2) is 0 Å². The van der Waals surface area contributed by atoms with Crippen molar-refractivity contribution >= 4 is 17.7 Å². The number of thioether (sulfide) groups is 1. The molecule has 0 spiro atoms. The summed E-state index contributed by atoms with van der Waals surface area (Å²) in [6, 6.07) is 0. The summed E-state index contributed by atoms with van der Waals surface area (Å²) >= 11 is 1.59. The van der Waals surface area contributed by atoms with Crippen LogP contribution in [0.2, 0.25) is 0 Å². The van der Waals surface area contributed by atoms with E-state index in [0.29, 0.717) is 5.75 Å². The van der Waals surface area contributed by atoms with Gasteiger partial charge in [0.05, 0.1) is 5.75 Å². The lowest BCUT2D eigenvalue weighted by Crippen LogP contribution is -2.32. The van der Waals surface area contributed by atoms with Crippen LogP contribution in [0.3, 0.4) is 0 Å². The van der Waals surface area contributed by atoms with Crippen molar-refractivity contribution in [3.8, 4) is 0 Å². The highest BCUT2D eigenvalue weighted by molar-refractivity contribution is 7.99. The van der Waals surface area contributed by atoms with E-state index in [1.54, 1.807) is 11.8 Å². The van der Waals surface area contributed by atoms with Crippen molar-refractivity contribution in [2.24, 2.45) is 0 Å². The minimum atomic E-state index is 0.175. The molecule has 0 aliphatic rings. The number of nitrogens with one attached hydrogen (secondary N) is 1. The van der Waals surface area contributed by atoms with E-state index in [1.165, 1.54) is 83.7 Å². The first-order valence-corrected chi connectivity index (χ1v) is 12.1. The van der Waals surface area contributed by atoms with E-state index in [-0.39, 0.29) is 5.91 Å². The Morgan fingerprint density at radius 1 is 0.760 bits per heavy atom. The standard InChI is InChI=1S/C21H44N2OS/c1-4-6-8-10-12-14-18-23(17-13-11-9-7-5-2)19-15-16-22-21(24)20-25-3/h4-20H2,1-3H3,(H,22,24). The van der Waals surface area contributed by atoms with Crippen molar-refractivity contribution in [2.75, 3.05) is 38.2 Å². The van der Waals surface area contributed by atoms with Gasteiger partial charge in [-0.3, -0.25) is 4.79 Å². The molecule has 3 nitrogen and oxygen atoms in total. The minimum Gasteiger partial charge on any atom is -0.355 e. The lowest BCUT2D eigenvalue weighted by atomic mass is 10.1. The molecule has 1 amide bonds. The Bertz CT molecular complexity index is 287. The first kappa shape index (κ1) is 24.8. The third kappa shape index (κ3) is 18.4. The summed E-state index contributed by atoms with van der Waals surface area (Å²) in [7, 11) is 0. The van der Waals surface area contributed by atoms with E-state index in [1.807, 2.05) is 6.26 Å². The van der Waals surface area contributed by atoms with E-state index in [2.05, 4.69) is 24.1 Å². The average Bonchev–Trinajstić information content (AvgIpc) is 2.61. The number of unbranched alkanes of at least 4 members (excludes halogenated alkanes) is 9. The van der Waals surface area contributed by atoms with Crippen LogP contribution in [0.4, 0.5) is 0 Å². The third-order valence-corrected chi connectivity index (χ3v) is 5.21. The van der Waals surface area contributed by atoms with E-state index in [0.717, 1.165) is 19.5 Å². The number of rotatable bonds is 19. The van der Waals surface area contributed by atoms with Gasteiger partial charge in [0.25, 0.3) is 0 Å². The molecule has 0 aromatic carbocycles. The molecule has 0 bridgehead atoms. The van der Waals surface area contributed by atoms with Gasteiger partial charge in [0.2, 0.25) is 5.91 Å². The van der Waals surface area contributed by atoms with Crippen molar-refractivity contribution in [3.05, 3.63) is 0 Å². The summed E-state index contributed by atoms with van der Waals surface area (Å²) in [5.41, 5.74) is 0. The highest BCUT2D eigenvalue weighted by atomic mass is 32.2. The molecule has 0 saturated carbocycles. The topological polar surface area (TPSA) is 32.3 Å². The predicted octanol–water partition coefficient (Wildman–Crippen LogP) is 5.49. The highest BCUT2D eigenvalue weighted by Crippen LogP contribution is 2.08. The Morgan fingerprint density at radius 3 is 1.76 bits per heavy atom. The molecule has 25 heavy (non-hydrogen) atoms. The smallest absolute Gasteiger partial charge is 0.229 e. The lowest BCUT2D eigenvalue weighted by molar-refractivity contribution is -0.118. The Balaban J connectivity index is 3.87. The summed E-state index contributed by atoms with van der Waals surface area (Å²) in [5, 5.41) is 3.03. The fourth-order valence-electron chi connectivity index (χ4n) is 3.10. The normalized spacial score (nSPS) is 11.2. The van der Waals surface area contributed by atoms with Crippen molar-refractivity contribution in [1.29, 1.82) is 0 Å². The number of carbonyl (C=O) groups is 1. The van der Waals surface area contributed by atoms with Crippen molar-refractivity contribution in [3.63, 3.8) is 0 Å². The second-order valence-electron chi connectivity index (χ2n) is 7.16. The Morgan fingerprint density at radius 2 is 1.24 bits per heavy atom. The molecular weight excluding hydrogens is 328 g/mol. The quantitative estimate of drug-likeness (QED) is 0.304. The van der Waals surface area contributed by atoms with Crippen LogP contribution in [-0.4, -0.2) is 49.0 Å².